The molecule has 2 aromatic rings. The van der Waals surface area contributed by atoms with Gasteiger partial charge in [0.1, 0.15) is 5.75 Å². The molecular formula is C13H8Cl2N2O5. The number of hydrogen-bond acceptors (Lipinski definition) is 6. The average molecular weight is 343 g/mol. The van der Waals surface area contributed by atoms with Crippen LogP contribution in [-0.2, 0) is 4.74 Å². The number of hydrogen-bond donors (Lipinski definition) is 0. The van der Waals surface area contributed by atoms with Gasteiger partial charge < -0.3 is 9.47 Å². The predicted octanol–water partition coefficient (Wildman–Crippen LogP) is 3.88. The van der Waals surface area contributed by atoms with Crippen LogP contribution in [0.1, 0.15) is 10.4 Å². The Bertz CT molecular complexity index is 751. The van der Waals surface area contributed by atoms with E-state index in [0.717, 1.165) is 19.4 Å². The van der Waals surface area contributed by atoms with Gasteiger partial charge in [0, 0.05) is 18.3 Å². The van der Waals surface area contributed by atoms with Crippen LogP contribution >= 0.6 is 23.2 Å². The molecule has 22 heavy (non-hydrogen) atoms. The fraction of sp³-hybridized carbons (Fsp3) is 0.0769. The van der Waals surface area contributed by atoms with E-state index in [9.17, 15) is 14.9 Å². The van der Waals surface area contributed by atoms with Crippen molar-refractivity contribution in [2.75, 3.05) is 7.11 Å². The second-order valence-corrected chi connectivity index (χ2v) is 4.79. The zero-order valence-electron chi connectivity index (χ0n) is 11.1. The number of esters is 1. The topological polar surface area (TPSA) is 91.6 Å². The number of carbonyl (C=O) groups is 1. The fourth-order valence-electron chi connectivity index (χ4n) is 1.53. The van der Waals surface area contributed by atoms with E-state index < -0.39 is 16.6 Å². The van der Waals surface area contributed by atoms with E-state index in [2.05, 4.69) is 9.72 Å². The van der Waals surface area contributed by atoms with Crippen molar-refractivity contribution in [2.24, 2.45) is 0 Å². The summed E-state index contributed by atoms with van der Waals surface area (Å²) in [6, 6.07) is 5.37. The third-order valence-corrected chi connectivity index (χ3v) is 3.29. The Kier molecular flexibility index (Phi) is 4.79. The van der Waals surface area contributed by atoms with Gasteiger partial charge in [0.15, 0.2) is 0 Å². The number of halogens is 2. The van der Waals surface area contributed by atoms with E-state index in [1.807, 2.05) is 0 Å². The van der Waals surface area contributed by atoms with Crippen LogP contribution < -0.4 is 4.74 Å². The van der Waals surface area contributed by atoms with Crippen molar-refractivity contribution in [3.63, 3.8) is 0 Å². The monoisotopic (exact) mass is 342 g/mol. The number of ether oxygens (including phenoxy) is 2. The lowest BCUT2D eigenvalue weighted by Crippen LogP contribution is -2.04. The summed E-state index contributed by atoms with van der Waals surface area (Å²) < 4.78 is 9.81. The highest BCUT2D eigenvalue weighted by molar-refractivity contribution is 6.42. The van der Waals surface area contributed by atoms with Crippen molar-refractivity contribution in [3.05, 3.63) is 56.2 Å². The molecule has 0 atom stereocenters. The maximum absolute atomic E-state index is 11.4. The van der Waals surface area contributed by atoms with Crippen molar-refractivity contribution in [1.82, 2.24) is 4.98 Å². The van der Waals surface area contributed by atoms with Gasteiger partial charge in [-0.3, -0.25) is 10.1 Å². The van der Waals surface area contributed by atoms with Gasteiger partial charge in [0.25, 0.3) is 5.88 Å². The van der Waals surface area contributed by atoms with Crippen LogP contribution in [0, 0.1) is 10.1 Å². The molecule has 0 spiro atoms. The number of nitrogens with zero attached hydrogens (tertiary/aromatic N) is 2. The Balaban J connectivity index is 2.39. The van der Waals surface area contributed by atoms with E-state index in [1.165, 1.54) is 18.2 Å². The molecule has 0 aliphatic rings. The van der Waals surface area contributed by atoms with Crippen LogP contribution in [0.4, 0.5) is 5.69 Å². The van der Waals surface area contributed by atoms with E-state index in [0.29, 0.717) is 5.02 Å². The van der Waals surface area contributed by atoms with Crippen LogP contribution in [0.15, 0.2) is 30.5 Å². The highest BCUT2D eigenvalue weighted by Gasteiger charge is 2.21. The van der Waals surface area contributed by atoms with E-state index >= 15 is 0 Å². The first kappa shape index (κ1) is 16.0. The Labute approximate surface area is 134 Å². The summed E-state index contributed by atoms with van der Waals surface area (Å²) in [6.45, 7) is 0. The van der Waals surface area contributed by atoms with Gasteiger partial charge >= 0.3 is 11.7 Å². The van der Waals surface area contributed by atoms with Gasteiger partial charge in [0.05, 0.1) is 27.6 Å². The summed E-state index contributed by atoms with van der Waals surface area (Å²) in [7, 11) is 1.16. The number of benzene rings is 1. The van der Waals surface area contributed by atoms with Crippen LogP contribution in [-0.4, -0.2) is 23.0 Å². The summed E-state index contributed by atoms with van der Waals surface area (Å²) in [5, 5.41) is 11.6. The van der Waals surface area contributed by atoms with Crippen LogP contribution in [0.25, 0.3) is 0 Å². The van der Waals surface area contributed by atoms with Crippen molar-refractivity contribution >= 4 is 34.9 Å². The third-order valence-electron chi connectivity index (χ3n) is 2.56. The van der Waals surface area contributed by atoms with Crippen LogP contribution in [0.2, 0.25) is 10.0 Å². The van der Waals surface area contributed by atoms with Crippen LogP contribution in [0.5, 0.6) is 11.6 Å². The van der Waals surface area contributed by atoms with Crippen molar-refractivity contribution in [1.29, 1.82) is 0 Å². The Morgan fingerprint density at radius 1 is 1.27 bits per heavy atom. The fourth-order valence-corrected chi connectivity index (χ4v) is 1.82. The smallest absolute Gasteiger partial charge is 0.339 e. The number of aromatic nitrogens is 1. The van der Waals surface area contributed by atoms with Gasteiger partial charge in [-0.1, -0.05) is 23.2 Å². The summed E-state index contributed by atoms with van der Waals surface area (Å²) in [5.74, 6) is -0.802. The molecule has 0 aliphatic heterocycles. The Morgan fingerprint density at radius 3 is 2.59 bits per heavy atom. The Morgan fingerprint density at radius 2 is 2.00 bits per heavy atom. The van der Waals surface area contributed by atoms with Crippen molar-refractivity contribution in [2.45, 2.75) is 0 Å². The number of pyridine rings is 1. The summed E-state index contributed by atoms with van der Waals surface area (Å²) in [5.41, 5.74) is -0.537. The third kappa shape index (κ3) is 3.44. The predicted molar refractivity (Wildman–Crippen MR) is 78.8 cm³/mol. The standard InChI is InChI=1S/C13H8Cl2N2O5/c1-21-13(18)7-4-11(17(19)20)12(16-6-7)22-8-2-3-9(14)10(15)5-8/h2-6H,1H3. The molecule has 0 N–H and O–H groups in total. The number of rotatable bonds is 4. The van der Waals surface area contributed by atoms with E-state index in [4.69, 9.17) is 27.9 Å². The van der Waals surface area contributed by atoms with Crippen molar-refractivity contribution in [3.8, 4) is 11.6 Å². The normalized spacial score (nSPS) is 10.1. The minimum Gasteiger partial charge on any atom is -0.465 e. The molecule has 1 heterocycles. The molecule has 0 aliphatic carbocycles. The lowest BCUT2D eigenvalue weighted by Gasteiger charge is -2.07. The van der Waals surface area contributed by atoms with Gasteiger partial charge in [-0.05, 0) is 12.1 Å². The second kappa shape index (κ2) is 6.59. The second-order valence-electron chi connectivity index (χ2n) is 3.97. The molecule has 7 nitrogen and oxygen atoms in total. The molecule has 9 heteroatoms. The number of nitro groups is 1. The van der Waals surface area contributed by atoms with E-state index in [-0.39, 0.29) is 22.2 Å². The SMILES string of the molecule is COC(=O)c1cnc(Oc2ccc(Cl)c(Cl)c2)c([N+](=O)[O-])c1. The number of methoxy groups -OCH3 is 1. The van der Waals surface area contributed by atoms with Gasteiger partial charge in [-0.2, -0.15) is 0 Å². The summed E-state index contributed by atoms with van der Waals surface area (Å²) >= 11 is 11.6. The maximum Gasteiger partial charge on any atom is 0.339 e. The molecule has 0 unspecified atom stereocenters. The lowest BCUT2D eigenvalue weighted by molar-refractivity contribution is -0.386. The zero-order chi connectivity index (χ0) is 16.3. The highest BCUT2D eigenvalue weighted by atomic mass is 35.5. The average Bonchev–Trinajstić information content (AvgIpc) is 2.50. The quantitative estimate of drug-likeness (QED) is 0.475. The molecule has 1 aromatic carbocycles. The largest absolute Gasteiger partial charge is 0.465 e. The Hall–Kier alpha value is -2.38. The lowest BCUT2D eigenvalue weighted by atomic mass is 10.2. The molecule has 0 radical (unpaired) electrons. The van der Waals surface area contributed by atoms with Gasteiger partial charge in [-0.15, -0.1) is 0 Å². The maximum atomic E-state index is 11.4. The van der Waals surface area contributed by atoms with Crippen molar-refractivity contribution < 1.29 is 19.2 Å². The molecule has 0 saturated carbocycles. The first-order valence-electron chi connectivity index (χ1n) is 5.78. The molecule has 2 rings (SSSR count). The minimum atomic E-state index is -0.739. The molecule has 0 fully saturated rings. The molecular weight excluding hydrogens is 335 g/mol. The minimum absolute atomic E-state index is 0.0595. The molecule has 1 aromatic heterocycles. The summed E-state index contributed by atoms with van der Waals surface area (Å²) in [6.07, 6.45) is 1.12. The van der Waals surface area contributed by atoms with Gasteiger partial charge in [-0.25, -0.2) is 9.78 Å². The number of carbonyl (C=O) groups excluding carboxylic acids is 1. The van der Waals surface area contributed by atoms with E-state index in [1.54, 1.807) is 0 Å². The highest BCUT2D eigenvalue weighted by Crippen LogP contribution is 2.33. The molecule has 0 bridgehead atoms. The molecule has 0 amide bonds. The molecule has 114 valence electrons. The first-order valence-corrected chi connectivity index (χ1v) is 6.53. The molecule has 0 saturated heterocycles. The first-order chi connectivity index (χ1) is 10.4. The zero-order valence-corrected chi connectivity index (χ0v) is 12.6. The van der Waals surface area contributed by atoms with Gasteiger partial charge in [0.2, 0.25) is 0 Å². The van der Waals surface area contributed by atoms with Crippen LogP contribution in [0.3, 0.4) is 0 Å². The summed E-state index contributed by atoms with van der Waals surface area (Å²) in [4.78, 5) is 25.5.